The van der Waals surface area contributed by atoms with E-state index in [4.69, 9.17) is 9.47 Å². The fourth-order valence-electron chi connectivity index (χ4n) is 4.81. The average molecular weight is 589 g/mol. The number of ether oxygens (including phenoxy) is 2. The Bertz CT molecular complexity index is 1370. The minimum absolute atomic E-state index is 0.0400. The summed E-state index contributed by atoms with van der Waals surface area (Å²) in [5.41, 5.74) is 1.77. The monoisotopic (exact) mass is 588 g/mol. The van der Waals surface area contributed by atoms with Gasteiger partial charge in [-0.1, -0.05) is 68.1 Å². The molecule has 0 aliphatic carbocycles. The number of anilines is 2. The number of para-hydroxylation sites is 4. The maximum Gasteiger partial charge on any atom is 0.333 e. The molecule has 0 saturated heterocycles. The molecule has 2 N–H and O–H groups in total. The summed E-state index contributed by atoms with van der Waals surface area (Å²) in [5, 5.41) is 12.7. The lowest BCUT2D eigenvalue weighted by Gasteiger charge is -2.39. The number of rotatable bonds is 13. The lowest BCUT2D eigenvalue weighted by Crippen LogP contribution is -2.55. The molecule has 0 heterocycles. The lowest BCUT2D eigenvalue weighted by atomic mass is 10.1. The van der Waals surface area contributed by atoms with E-state index in [1.807, 2.05) is 37.3 Å². The van der Waals surface area contributed by atoms with Crippen molar-refractivity contribution in [2.24, 2.45) is 0 Å². The molecule has 0 aliphatic heterocycles. The van der Waals surface area contributed by atoms with Gasteiger partial charge in [0.1, 0.15) is 11.5 Å². The van der Waals surface area contributed by atoms with Crippen LogP contribution in [0.5, 0.6) is 11.5 Å². The molecule has 0 radical (unpaired) electrons. The summed E-state index contributed by atoms with van der Waals surface area (Å²) in [6, 6.07) is 21.5. The molecule has 0 aliphatic rings. The van der Waals surface area contributed by atoms with Gasteiger partial charge in [0.2, 0.25) is 0 Å². The van der Waals surface area contributed by atoms with Crippen LogP contribution < -0.4 is 19.7 Å². The third kappa shape index (κ3) is 7.85. The van der Waals surface area contributed by atoms with Crippen LogP contribution in [-0.2, 0) is 11.3 Å². The maximum absolute atomic E-state index is 14.0. The SMILES string of the molecule is C=C(C(=O)O)C(C)N(C(=O)N(C)Cc1ccccc1)[C@@H](CC)CNC(=O)N(c1ccccc1OC)c1ccccc1OC. The van der Waals surface area contributed by atoms with Crippen molar-refractivity contribution >= 4 is 29.4 Å². The molecule has 3 aromatic rings. The van der Waals surface area contributed by atoms with E-state index in [-0.39, 0.29) is 18.1 Å². The van der Waals surface area contributed by atoms with Crippen molar-refractivity contribution in [1.29, 1.82) is 0 Å². The molecular formula is C33H40N4O6. The van der Waals surface area contributed by atoms with E-state index in [0.717, 1.165) is 5.56 Å². The number of carboxylic acid groups (broad SMARTS) is 1. The second kappa shape index (κ2) is 15.3. The van der Waals surface area contributed by atoms with E-state index in [1.54, 1.807) is 62.5 Å². The number of amides is 4. The molecule has 10 nitrogen and oxygen atoms in total. The van der Waals surface area contributed by atoms with Gasteiger partial charge in [-0.2, -0.15) is 0 Å². The molecule has 228 valence electrons. The zero-order valence-corrected chi connectivity index (χ0v) is 25.3. The smallest absolute Gasteiger partial charge is 0.333 e. The standard InChI is InChI=1S/C33H40N4O6/c1-7-26(36(24(3)23(2)31(38)39)33(41)35(4)22-25-15-9-8-10-16-25)21-34-32(40)37(27-17-11-13-19-29(27)42-5)28-18-12-14-20-30(28)43-6/h8-20,24,26H,2,7,21-22H2,1,3-6H3,(H,34,40)(H,38,39)/t24?,26-/m0/s1. The van der Waals surface area contributed by atoms with Crippen molar-refractivity contribution in [2.45, 2.75) is 38.9 Å². The first-order valence-electron chi connectivity index (χ1n) is 14.0. The number of nitrogens with one attached hydrogen (secondary N) is 1. The molecule has 2 atom stereocenters. The van der Waals surface area contributed by atoms with E-state index in [0.29, 0.717) is 35.8 Å². The van der Waals surface area contributed by atoms with Gasteiger partial charge >= 0.3 is 18.0 Å². The second-order valence-corrected chi connectivity index (χ2v) is 9.97. The Morgan fingerprint density at radius 1 is 0.884 bits per heavy atom. The molecule has 4 amide bonds. The van der Waals surface area contributed by atoms with Crippen LogP contribution in [0.2, 0.25) is 0 Å². The number of carbonyl (C=O) groups is 3. The summed E-state index contributed by atoms with van der Waals surface area (Å²) in [4.78, 5) is 44.2. The van der Waals surface area contributed by atoms with E-state index < -0.39 is 24.1 Å². The van der Waals surface area contributed by atoms with Crippen LogP contribution in [0, 0.1) is 0 Å². The molecular weight excluding hydrogens is 548 g/mol. The van der Waals surface area contributed by atoms with Crippen molar-refractivity contribution < 1.29 is 29.0 Å². The van der Waals surface area contributed by atoms with Crippen LogP contribution in [0.4, 0.5) is 21.0 Å². The van der Waals surface area contributed by atoms with Gasteiger partial charge < -0.3 is 29.7 Å². The lowest BCUT2D eigenvalue weighted by molar-refractivity contribution is -0.133. The molecule has 0 aromatic heterocycles. The number of carboxylic acids is 1. The van der Waals surface area contributed by atoms with Gasteiger partial charge in [0.15, 0.2) is 0 Å². The van der Waals surface area contributed by atoms with Gasteiger partial charge in [-0.25, -0.2) is 14.4 Å². The summed E-state index contributed by atoms with van der Waals surface area (Å²) in [7, 11) is 4.71. The highest BCUT2D eigenvalue weighted by atomic mass is 16.5. The van der Waals surface area contributed by atoms with Crippen molar-refractivity contribution in [2.75, 3.05) is 32.7 Å². The summed E-state index contributed by atoms with van der Waals surface area (Å²) < 4.78 is 11.1. The van der Waals surface area contributed by atoms with Crippen molar-refractivity contribution in [1.82, 2.24) is 15.1 Å². The number of aliphatic carboxylic acids is 1. The van der Waals surface area contributed by atoms with E-state index in [1.165, 1.54) is 28.9 Å². The molecule has 0 fully saturated rings. The Morgan fingerprint density at radius 3 is 1.88 bits per heavy atom. The zero-order valence-electron chi connectivity index (χ0n) is 25.3. The zero-order chi connectivity index (χ0) is 31.5. The Morgan fingerprint density at radius 2 is 1.40 bits per heavy atom. The van der Waals surface area contributed by atoms with E-state index >= 15 is 0 Å². The molecule has 10 heteroatoms. The molecule has 3 aromatic carbocycles. The van der Waals surface area contributed by atoms with Gasteiger partial charge in [0.25, 0.3) is 0 Å². The fourth-order valence-corrected chi connectivity index (χ4v) is 4.81. The van der Waals surface area contributed by atoms with Gasteiger partial charge in [-0.15, -0.1) is 0 Å². The first-order chi connectivity index (χ1) is 20.6. The third-order valence-electron chi connectivity index (χ3n) is 7.22. The predicted molar refractivity (Wildman–Crippen MR) is 167 cm³/mol. The van der Waals surface area contributed by atoms with Crippen LogP contribution in [-0.4, -0.2) is 72.8 Å². The molecule has 0 saturated carbocycles. The molecule has 0 bridgehead atoms. The molecule has 0 spiro atoms. The highest BCUT2D eigenvalue weighted by Crippen LogP contribution is 2.38. The van der Waals surface area contributed by atoms with Crippen LogP contribution >= 0.6 is 0 Å². The number of hydrogen-bond acceptors (Lipinski definition) is 5. The van der Waals surface area contributed by atoms with Crippen LogP contribution in [0.3, 0.4) is 0 Å². The number of urea groups is 2. The van der Waals surface area contributed by atoms with Gasteiger partial charge in [0, 0.05) is 20.1 Å². The normalized spacial score (nSPS) is 11.9. The Balaban J connectivity index is 1.95. The molecule has 1 unspecified atom stereocenters. The number of nitrogens with zero attached hydrogens (tertiary/aromatic N) is 3. The second-order valence-electron chi connectivity index (χ2n) is 9.97. The van der Waals surface area contributed by atoms with Crippen molar-refractivity contribution in [3.63, 3.8) is 0 Å². The highest BCUT2D eigenvalue weighted by molar-refractivity contribution is 6.02. The average Bonchev–Trinajstić information content (AvgIpc) is 3.03. The van der Waals surface area contributed by atoms with Gasteiger partial charge in [-0.05, 0) is 43.2 Å². The quantitative estimate of drug-likeness (QED) is 0.240. The largest absolute Gasteiger partial charge is 0.495 e. The number of methoxy groups -OCH3 is 2. The fraction of sp³-hybridized carbons (Fsp3) is 0.303. The Labute approximate surface area is 253 Å². The van der Waals surface area contributed by atoms with Gasteiger partial charge in [-0.3, -0.25) is 4.90 Å². The minimum atomic E-state index is -1.20. The predicted octanol–water partition coefficient (Wildman–Crippen LogP) is 5.91. The summed E-state index contributed by atoms with van der Waals surface area (Å²) in [6.07, 6.45) is 0.436. The van der Waals surface area contributed by atoms with Crippen molar-refractivity contribution in [3.05, 3.63) is 96.6 Å². The first kappa shape index (κ1) is 32.5. The highest BCUT2D eigenvalue weighted by Gasteiger charge is 2.34. The van der Waals surface area contributed by atoms with E-state index in [9.17, 15) is 19.5 Å². The Hall–Kier alpha value is -4.99. The molecule has 43 heavy (non-hydrogen) atoms. The number of benzene rings is 3. The maximum atomic E-state index is 14.0. The van der Waals surface area contributed by atoms with E-state index in [2.05, 4.69) is 11.9 Å². The van der Waals surface area contributed by atoms with Crippen LogP contribution in [0.15, 0.2) is 91.0 Å². The van der Waals surface area contributed by atoms with Gasteiger partial charge in [0.05, 0.1) is 43.3 Å². The van der Waals surface area contributed by atoms with Crippen LogP contribution in [0.25, 0.3) is 0 Å². The minimum Gasteiger partial charge on any atom is -0.495 e. The van der Waals surface area contributed by atoms with Crippen LogP contribution in [0.1, 0.15) is 25.8 Å². The summed E-state index contributed by atoms with van der Waals surface area (Å²) >= 11 is 0. The number of hydrogen-bond donors (Lipinski definition) is 2. The third-order valence-corrected chi connectivity index (χ3v) is 7.22. The summed E-state index contributed by atoms with van der Waals surface area (Å²) in [6.45, 7) is 7.59. The topological polar surface area (TPSA) is 112 Å². The number of carbonyl (C=O) groups excluding carboxylic acids is 2. The summed E-state index contributed by atoms with van der Waals surface area (Å²) in [5.74, 6) is -0.254. The first-order valence-corrected chi connectivity index (χ1v) is 14.0. The Kier molecular flexibility index (Phi) is 11.6. The molecule has 3 rings (SSSR count). The van der Waals surface area contributed by atoms with Crippen molar-refractivity contribution in [3.8, 4) is 11.5 Å².